The van der Waals surface area contributed by atoms with E-state index in [1.807, 2.05) is 0 Å². The van der Waals surface area contributed by atoms with Crippen LogP contribution in [0, 0.1) is 15.9 Å². The number of nitro benzene ring substituents is 1. The SMILES string of the molecule is O=C1c2cc([N+](=O)[O-])c(F)cc2CN1Cc1ccc(NS(=O)(=O)C(F)(F)F)cc1. The highest BCUT2D eigenvalue weighted by Gasteiger charge is 2.46. The monoisotopic (exact) mass is 433 g/mol. The van der Waals surface area contributed by atoms with Crippen LogP contribution in [-0.2, 0) is 23.1 Å². The van der Waals surface area contributed by atoms with Crippen molar-refractivity contribution < 1.29 is 35.7 Å². The fourth-order valence-corrected chi connectivity index (χ4v) is 3.32. The molecule has 0 unspecified atom stereocenters. The van der Waals surface area contributed by atoms with Crippen molar-refractivity contribution in [2.75, 3.05) is 4.72 Å². The first-order chi connectivity index (χ1) is 13.4. The molecule has 0 aliphatic carbocycles. The average Bonchev–Trinajstić information content (AvgIpc) is 2.89. The zero-order chi connectivity index (χ0) is 21.6. The van der Waals surface area contributed by atoms with E-state index in [9.17, 15) is 40.9 Å². The van der Waals surface area contributed by atoms with Gasteiger partial charge in [-0.05, 0) is 29.3 Å². The van der Waals surface area contributed by atoms with Gasteiger partial charge in [0.2, 0.25) is 5.82 Å². The first-order valence-electron chi connectivity index (χ1n) is 7.83. The molecule has 0 bridgehead atoms. The van der Waals surface area contributed by atoms with Gasteiger partial charge in [0.05, 0.1) is 10.5 Å². The molecule has 1 aliphatic rings. The van der Waals surface area contributed by atoms with Crippen molar-refractivity contribution >= 4 is 27.3 Å². The predicted molar refractivity (Wildman–Crippen MR) is 91.7 cm³/mol. The number of sulfonamides is 1. The van der Waals surface area contributed by atoms with Crippen molar-refractivity contribution in [2.45, 2.75) is 18.6 Å². The summed E-state index contributed by atoms with van der Waals surface area (Å²) in [5, 5.41) is 10.8. The lowest BCUT2D eigenvalue weighted by Gasteiger charge is -2.16. The molecule has 0 radical (unpaired) electrons. The third kappa shape index (κ3) is 3.99. The number of halogens is 4. The second-order valence-corrected chi connectivity index (χ2v) is 7.80. The first-order valence-corrected chi connectivity index (χ1v) is 9.31. The van der Waals surface area contributed by atoms with Gasteiger partial charge in [0, 0.05) is 24.8 Å². The number of nitrogens with one attached hydrogen (secondary N) is 1. The van der Waals surface area contributed by atoms with Gasteiger partial charge in [0.1, 0.15) is 0 Å². The molecule has 154 valence electrons. The highest BCUT2D eigenvalue weighted by atomic mass is 32.2. The maximum atomic E-state index is 13.7. The number of anilines is 1. The Morgan fingerprint density at radius 3 is 2.34 bits per heavy atom. The Morgan fingerprint density at radius 1 is 1.17 bits per heavy atom. The number of hydrogen-bond acceptors (Lipinski definition) is 5. The van der Waals surface area contributed by atoms with Crippen molar-refractivity contribution in [1.29, 1.82) is 0 Å². The number of fused-ring (bicyclic) bond motifs is 1. The smallest absolute Gasteiger partial charge is 0.330 e. The van der Waals surface area contributed by atoms with Crippen LogP contribution in [0.25, 0.3) is 0 Å². The third-order valence-electron chi connectivity index (χ3n) is 4.13. The lowest BCUT2D eigenvalue weighted by molar-refractivity contribution is -0.387. The van der Waals surface area contributed by atoms with Crippen LogP contribution < -0.4 is 4.72 Å². The summed E-state index contributed by atoms with van der Waals surface area (Å²) in [6.45, 7) is -0.0270. The molecule has 0 fully saturated rings. The van der Waals surface area contributed by atoms with Crippen LogP contribution in [0.5, 0.6) is 0 Å². The van der Waals surface area contributed by atoms with Crippen LogP contribution in [0.1, 0.15) is 21.5 Å². The van der Waals surface area contributed by atoms with E-state index in [1.54, 1.807) is 0 Å². The van der Waals surface area contributed by atoms with Gasteiger partial charge in [-0.25, -0.2) is 0 Å². The molecular weight excluding hydrogens is 422 g/mol. The number of amides is 1. The molecule has 13 heteroatoms. The predicted octanol–water partition coefficient (Wildman–Crippen LogP) is 3.15. The van der Waals surface area contributed by atoms with Gasteiger partial charge in [0.15, 0.2) is 0 Å². The molecule has 29 heavy (non-hydrogen) atoms. The van der Waals surface area contributed by atoms with Crippen molar-refractivity contribution in [3.63, 3.8) is 0 Å². The standard InChI is InChI=1S/C16H11F4N3O5S/c17-13-5-10-8-22(15(24)12(10)6-14(13)23(25)26)7-9-1-3-11(4-2-9)21-29(27,28)16(18,19)20/h1-6,21H,7-8H2. The highest BCUT2D eigenvalue weighted by molar-refractivity contribution is 7.93. The van der Waals surface area contributed by atoms with Gasteiger partial charge in [-0.3, -0.25) is 19.6 Å². The molecule has 0 aromatic heterocycles. The minimum absolute atomic E-state index is 0.00680. The van der Waals surface area contributed by atoms with Crippen molar-refractivity contribution in [3.05, 3.63) is 69.0 Å². The normalized spacial score (nSPS) is 14.1. The summed E-state index contributed by atoms with van der Waals surface area (Å²) in [6.07, 6.45) is 0. The van der Waals surface area contributed by atoms with Crippen LogP contribution >= 0.6 is 0 Å². The molecule has 0 spiro atoms. The van der Waals surface area contributed by atoms with E-state index in [-0.39, 0.29) is 29.9 Å². The quantitative estimate of drug-likeness (QED) is 0.443. The summed E-state index contributed by atoms with van der Waals surface area (Å²) in [5.74, 6) is -1.63. The highest BCUT2D eigenvalue weighted by Crippen LogP contribution is 2.30. The molecule has 0 saturated heterocycles. The van der Waals surface area contributed by atoms with Crippen LogP contribution in [0.3, 0.4) is 0 Å². The molecule has 0 saturated carbocycles. The minimum Gasteiger partial charge on any atom is -0.330 e. The van der Waals surface area contributed by atoms with Crippen LogP contribution in [-0.4, -0.2) is 29.7 Å². The van der Waals surface area contributed by atoms with Gasteiger partial charge in [-0.1, -0.05) is 12.1 Å². The topological polar surface area (TPSA) is 110 Å². The van der Waals surface area contributed by atoms with E-state index in [4.69, 9.17) is 0 Å². The third-order valence-corrected chi connectivity index (χ3v) is 5.25. The molecular formula is C16H11F4N3O5S. The van der Waals surface area contributed by atoms with E-state index < -0.39 is 37.9 Å². The fourth-order valence-electron chi connectivity index (χ4n) is 2.76. The van der Waals surface area contributed by atoms with Crippen LogP contribution in [0.4, 0.5) is 28.9 Å². The molecule has 1 amide bonds. The number of rotatable bonds is 5. The lowest BCUT2D eigenvalue weighted by Crippen LogP contribution is -2.29. The molecule has 1 aliphatic heterocycles. The number of carbonyl (C=O) groups is 1. The lowest BCUT2D eigenvalue weighted by atomic mass is 10.1. The fraction of sp³-hybridized carbons (Fsp3) is 0.188. The number of carbonyl (C=O) groups excluding carboxylic acids is 1. The maximum absolute atomic E-state index is 13.7. The zero-order valence-corrected chi connectivity index (χ0v) is 15.1. The first kappa shape index (κ1) is 20.5. The number of nitrogens with zero attached hydrogens (tertiary/aromatic N) is 2. The Morgan fingerprint density at radius 2 is 1.79 bits per heavy atom. The minimum atomic E-state index is -5.55. The summed E-state index contributed by atoms with van der Waals surface area (Å²) in [4.78, 5) is 23.6. The molecule has 2 aromatic rings. The van der Waals surface area contributed by atoms with E-state index in [0.717, 1.165) is 24.3 Å². The van der Waals surface area contributed by atoms with Gasteiger partial charge in [0.25, 0.3) is 5.91 Å². The maximum Gasteiger partial charge on any atom is 0.516 e. The van der Waals surface area contributed by atoms with E-state index in [0.29, 0.717) is 5.56 Å². The number of hydrogen-bond donors (Lipinski definition) is 1. The van der Waals surface area contributed by atoms with Gasteiger partial charge < -0.3 is 4.90 Å². The number of nitro groups is 1. The van der Waals surface area contributed by atoms with Crippen molar-refractivity contribution in [1.82, 2.24) is 4.90 Å². The molecule has 1 heterocycles. The Kier molecular flexibility index (Phi) is 4.94. The van der Waals surface area contributed by atoms with E-state index in [2.05, 4.69) is 0 Å². The van der Waals surface area contributed by atoms with Crippen LogP contribution in [0.15, 0.2) is 36.4 Å². The Hall–Kier alpha value is -3.22. The Balaban J connectivity index is 1.74. The van der Waals surface area contributed by atoms with E-state index >= 15 is 0 Å². The summed E-state index contributed by atoms with van der Waals surface area (Å²) >= 11 is 0. The number of alkyl halides is 3. The second kappa shape index (κ2) is 6.99. The Labute approximate surface area is 160 Å². The molecule has 1 N–H and O–H groups in total. The summed E-state index contributed by atoms with van der Waals surface area (Å²) in [5.41, 5.74) is -5.88. The van der Waals surface area contributed by atoms with Gasteiger partial charge in [-0.15, -0.1) is 0 Å². The summed E-state index contributed by atoms with van der Waals surface area (Å²) in [7, 11) is -5.55. The average molecular weight is 433 g/mol. The zero-order valence-electron chi connectivity index (χ0n) is 14.2. The van der Waals surface area contributed by atoms with Gasteiger partial charge in [-0.2, -0.15) is 26.0 Å². The molecule has 8 nitrogen and oxygen atoms in total. The van der Waals surface area contributed by atoms with E-state index in [1.165, 1.54) is 21.8 Å². The molecule has 2 aromatic carbocycles. The van der Waals surface area contributed by atoms with Crippen molar-refractivity contribution in [2.24, 2.45) is 0 Å². The second-order valence-electron chi connectivity index (χ2n) is 6.13. The molecule has 0 atom stereocenters. The summed E-state index contributed by atoms with van der Waals surface area (Å²) < 4.78 is 74.5. The largest absolute Gasteiger partial charge is 0.516 e. The Bertz CT molecular complexity index is 1100. The summed E-state index contributed by atoms with van der Waals surface area (Å²) in [6, 6.07) is 6.59. The van der Waals surface area contributed by atoms with Crippen LogP contribution in [0.2, 0.25) is 0 Å². The molecule has 3 rings (SSSR count). The van der Waals surface area contributed by atoms with Gasteiger partial charge >= 0.3 is 21.2 Å². The number of benzene rings is 2. The van der Waals surface area contributed by atoms with Crippen molar-refractivity contribution in [3.8, 4) is 0 Å².